The van der Waals surface area contributed by atoms with Crippen LogP contribution in [-0.2, 0) is 14.3 Å². The first-order valence-electron chi connectivity index (χ1n) is 11.9. The molecular formula is C23H37N5O4. The number of carbonyl (C=O) groups excluding carboxylic acids is 2. The van der Waals surface area contributed by atoms with Gasteiger partial charge in [0.15, 0.2) is 0 Å². The Labute approximate surface area is 189 Å². The Balaban J connectivity index is 1.45. The molecule has 2 N–H and O–H groups in total. The fourth-order valence-electron chi connectivity index (χ4n) is 4.80. The second-order valence-electron chi connectivity index (χ2n) is 11.0. The average molecular weight is 448 g/mol. The number of ether oxygens (including phenoxy) is 1. The van der Waals surface area contributed by atoms with Gasteiger partial charge in [-0.25, -0.2) is 4.68 Å². The molecule has 0 aromatic carbocycles. The van der Waals surface area contributed by atoms with Crippen LogP contribution in [-0.4, -0.2) is 73.8 Å². The van der Waals surface area contributed by atoms with E-state index >= 15 is 0 Å². The standard InChI is InChI=1S/C23H37N5O4/c1-13(2)32-17-8-15(9-17)24-21(30)19-10-16(29)11-27(19)22(31)20(23(3,4)5)28-12-18(25-26-28)14-6-7-14/h12-17,19-20,29H,6-11H2,1-5H3,(H,24,30)/t15?,16?,17?,19?,20-/m1/s1. The third-order valence-electron chi connectivity index (χ3n) is 6.61. The van der Waals surface area contributed by atoms with Crippen LogP contribution in [0.4, 0.5) is 0 Å². The molecule has 32 heavy (non-hydrogen) atoms. The van der Waals surface area contributed by atoms with Gasteiger partial charge in [-0.3, -0.25) is 9.59 Å². The fourth-order valence-corrected chi connectivity index (χ4v) is 4.80. The van der Waals surface area contributed by atoms with Crippen LogP contribution in [0.25, 0.3) is 0 Å². The van der Waals surface area contributed by atoms with Crippen molar-refractivity contribution in [2.75, 3.05) is 6.54 Å². The summed E-state index contributed by atoms with van der Waals surface area (Å²) in [5.41, 5.74) is 0.487. The molecule has 1 saturated heterocycles. The number of β-amino-alcohol motifs (C(OH)–C–C–N with tert-alkyl or cyclic N) is 1. The highest BCUT2D eigenvalue weighted by Crippen LogP contribution is 2.40. The molecule has 0 bridgehead atoms. The van der Waals surface area contributed by atoms with E-state index in [0.717, 1.165) is 31.4 Å². The molecule has 1 aromatic rings. The quantitative estimate of drug-likeness (QED) is 0.659. The zero-order valence-electron chi connectivity index (χ0n) is 19.8. The molecule has 2 amide bonds. The van der Waals surface area contributed by atoms with Gasteiger partial charge in [-0.05, 0) is 44.9 Å². The van der Waals surface area contributed by atoms with Crippen LogP contribution >= 0.6 is 0 Å². The molecule has 1 aromatic heterocycles. The number of aliphatic hydroxyl groups excluding tert-OH is 1. The third kappa shape index (κ3) is 4.98. The van der Waals surface area contributed by atoms with E-state index in [4.69, 9.17) is 4.74 Å². The summed E-state index contributed by atoms with van der Waals surface area (Å²) >= 11 is 0. The zero-order valence-corrected chi connectivity index (χ0v) is 19.8. The van der Waals surface area contributed by atoms with Crippen LogP contribution in [0, 0.1) is 5.41 Å². The van der Waals surface area contributed by atoms with Gasteiger partial charge in [0.05, 0.1) is 24.0 Å². The number of likely N-dealkylation sites (tertiary alicyclic amines) is 1. The number of aliphatic hydroxyl groups is 1. The Kier molecular flexibility index (Phi) is 6.33. The van der Waals surface area contributed by atoms with Crippen LogP contribution in [0.2, 0.25) is 0 Å². The number of hydrogen-bond acceptors (Lipinski definition) is 6. The molecule has 0 spiro atoms. The number of amides is 2. The minimum absolute atomic E-state index is 0.0516. The van der Waals surface area contributed by atoms with E-state index in [9.17, 15) is 14.7 Å². The number of nitrogens with zero attached hydrogens (tertiary/aromatic N) is 4. The van der Waals surface area contributed by atoms with E-state index in [1.165, 1.54) is 4.90 Å². The van der Waals surface area contributed by atoms with E-state index in [0.29, 0.717) is 5.92 Å². The SMILES string of the molecule is CC(C)OC1CC(NC(=O)C2CC(O)CN2C(=O)[C@@H](n2cc(C3CC3)nn2)C(C)(C)C)C1. The first kappa shape index (κ1) is 23.2. The molecule has 2 saturated carbocycles. The Bertz CT molecular complexity index is 838. The van der Waals surface area contributed by atoms with Gasteiger partial charge in [0.2, 0.25) is 11.8 Å². The van der Waals surface area contributed by atoms with Crippen LogP contribution in [0.1, 0.15) is 84.4 Å². The van der Waals surface area contributed by atoms with E-state index in [-0.39, 0.29) is 43.0 Å². The number of nitrogens with one attached hydrogen (secondary N) is 1. The number of carbonyl (C=O) groups is 2. The summed E-state index contributed by atoms with van der Waals surface area (Å²) in [6.07, 6.45) is 5.52. The van der Waals surface area contributed by atoms with Crippen molar-refractivity contribution in [3.05, 3.63) is 11.9 Å². The average Bonchev–Trinajstić information content (AvgIpc) is 3.26. The van der Waals surface area contributed by atoms with Crippen molar-refractivity contribution >= 4 is 11.8 Å². The molecular weight excluding hydrogens is 410 g/mol. The van der Waals surface area contributed by atoms with E-state index < -0.39 is 23.6 Å². The predicted molar refractivity (Wildman–Crippen MR) is 118 cm³/mol. The molecule has 3 aliphatic rings. The maximum absolute atomic E-state index is 13.7. The lowest BCUT2D eigenvalue weighted by Gasteiger charge is -2.38. The van der Waals surface area contributed by atoms with Gasteiger partial charge in [0.1, 0.15) is 12.1 Å². The molecule has 9 nitrogen and oxygen atoms in total. The lowest BCUT2D eigenvalue weighted by Crippen LogP contribution is -2.55. The van der Waals surface area contributed by atoms with Crippen molar-refractivity contribution < 1.29 is 19.4 Å². The summed E-state index contributed by atoms with van der Waals surface area (Å²) in [5, 5.41) is 21.9. The maximum atomic E-state index is 13.7. The largest absolute Gasteiger partial charge is 0.391 e. The van der Waals surface area contributed by atoms with Crippen molar-refractivity contribution in [2.24, 2.45) is 5.41 Å². The molecule has 2 unspecified atom stereocenters. The van der Waals surface area contributed by atoms with Crippen LogP contribution in [0.15, 0.2) is 6.20 Å². The Morgan fingerprint density at radius 2 is 1.91 bits per heavy atom. The minimum atomic E-state index is -0.716. The van der Waals surface area contributed by atoms with Crippen molar-refractivity contribution in [1.82, 2.24) is 25.2 Å². The lowest BCUT2D eigenvalue weighted by molar-refractivity contribution is -0.145. The Hall–Kier alpha value is -2.00. The first-order chi connectivity index (χ1) is 15.0. The molecule has 9 heteroatoms. The molecule has 1 aliphatic heterocycles. The van der Waals surface area contributed by atoms with E-state index in [2.05, 4.69) is 15.6 Å². The highest BCUT2D eigenvalue weighted by molar-refractivity contribution is 5.90. The molecule has 2 aliphatic carbocycles. The minimum Gasteiger partial charge on any atom is -0.391 e. The topological polar surface area (TPSA) is 110 Å². The van der Waals surface area contributed by atoms with Crippen molar-refractivity contribution in [3.63, 3.8) is 0 Å². The van der Waals surface area contributed by atoms with E-state index in [1.807, 2.05) is 40.8 Å². The Morgan fingerprint density at radius 3 is 2.50 bits per heavy atom. The lowest BCUT2D eigenvalue weighted by atomic mass is 9.85. The van der Waals surface area contributed by atoms with Gasteiger partial charge >= 0.3 is 0 Å². The highest BCUT2D eigenvalue weighted by atomic mass is 16.5. The van der Waals surface area contributed by atoms with E-state index in [1.54, 1.807) is 4.68 Å². The van der Waals surface area contributed by atoms with Crippen LogP contribution in [0.3, 0.4) is 0 Å². The maximum Gasteiger partial charge on any atom is 0.248 e. The number of aromatic nitrogens is 3. The molecule has 178 valence electrons. The van der Waals surface area contributed by atoms with Crippen molar-refractivity contribution in [1.29, 1.82) is 0 Å². The predicted octanol–water partition coefficient (Wildman–Crippen LogP) is 1.78. The summed E-state index contributed by atoms with van der Waals surface area (Å²) in [7, 11) is 0. The number of hydrogen-bond donors (Lipinski definition) is 2. The fraction of sp³-hybridized carbons (Fsp3) is 0.826. The second-order valence-corrected chi connectivity index (χ2v) is 11.0. The molecule has 0 radical (unpaired) electrons. The molecule has 2 heterocycles. The highest BCUT2D eigenvalue weighted by Gasteiger charge is 2.46. The van der Waals surface area contributed by atoms with Gasteiger partial charge in [0.25, 0.3) is 0 Å². The summed E-state index contributed by atoms with van der Waals surface area (Å²) in [4.78, 5) is 28.3. The van der Waals surface area contributed by atoms with Gasteiger partial charge in [0, 0.05) is 31.1 Å². The summed E-state index contributed by atoms with van der Waals surface area (Å²) in [5.74, 6) is 0.0430. The summed E-state index contributed by atoms with van der Waals surface area (Å²) in [6.45, 7) is 10.1. The molecule has 3 atom stereocenters. The van der Waals surface area contributed by atoms with Crippen LogP contribution in [0.5, 0.6) is 0 Å². The monoisotopic (exact) mass is 447 g/mol. The number of rotatable bonds is 7. The normalized spacial score (nSPS) is 29.2. The van der Waals surface area contributed by atoms with Gasteiger partial charge in [-0.15, -0.1) is 5.10 Å². The summed E-state index contributed by atoms with van der Waals surface area (Å²) in [6, 6.07) is -1.23. The van der Waals surface area contributed by atoms with Crippen molar-refractivity contribution in [3.8, 4) is 0 Å². The first-order valence-corrected chi connectivity index (χ1v) is 11.9. The van der Waals surface area contributed by atoms with Crippen LogP contribution < -0.4 is 5.32 Å². The van der Waals surface area contributed by atoms with Crippen molar-refractivity contribution in [2.45, 2.75) is 109 Å². The smallest absolute Gasteiger partial charge is 0.248 e. The zero-order chi connectivity index (χ0) is 23.2. The third-order valence-corrected chi connectivity index (χ3v) is 6.61. The van der Waals surface area contributed by atoms with Gasteiger partial charge in [-0.2, -0.15) is 0 Å². The molecule has 4 rings (SSSR count). The van der Waals surface area contributed by atoms with Gasteiger partial charge < -0.3 is 20.1 Å². The second kappa shape index (κ2) is 8.74. The van der Waals surface area contributed by atoms with Gasteiger partial charge in [-0.1, -0.05) is 26.0 Å². The molecule has 3 fully saturated rings. The summed E-state index contributed by atoms with van der Waals surface area (Å²) < 4.78 is 7.42. The Morgan fingerprint density at radius 1 is 1.22 bits per heavy atom.